The van der Waals surface area contributed by atoms with Gasteiger partial charge in [-0.15, -0.1) is 5.46 Å². The molecule has 0 aliphatic carbocycles. The van der Waals surface area contributed by atoms with Crippen molar-refractivity contribution >= 4 is 12.4 Å². The van der Waals surface area contributed by atoms with Crippen LogP contribution in [0, 0.1) is 18.8 Å². The Balaban J connectivity index is 0.00000200. The number of halogens is 3. The van der Waals surface area contributed by atoms with E-state index in [1.807, 2.05) is 31.2 Å². The van der Waals surface area contributed by atoms with Crippen LogP contribution in [-0.2, 0) is 0 Å². The topological polar surface area (TPSA) is 0 Å². The maximum Gasteiger partial charge on any atom is 1.00 e. The standard InChI is InChI=1S/C15H11BF3.K/c1-12-2-4-13(5-3-12)6-7-14-8-10-15(11-9-14)16(17,18)19;/h2-5,8-11H,1H3;/q-1;+1. The van der Waals surface area contributed by atoms with Crippen molar-refractivity contribution in [3.63, 3.8) is 0 Å². The van der Waals surface area contributed by atoms with E-state index in [4.69, 9.17) is 0 Å². The van der Waals surface area contributed by atoms with Gasteiger partial charge in [-0.1, -0.05) is 41.7 Å². The fourth-order valence-corrected chi connectivity index (χ4v) is 1.57. The zero-order valence-corrected chi connectivity index (χ0v) is 14.5. The molecule has 0 radical (unpaired) electrons. The Bertz CT molecular complexity index is 619. The van der Waals surface area contributed by atoms with Crippen molar-refractivity contribution in [2.75, 3.05) is 0 Å². The minimum Gasteiger partial charge on any atom is -0.445 e. The number of hydrogen-bond acceptors (Lipinski definition) is 0. The summed E-state index contributed by atoms with van der Waals surface area (Å²) in [7, 11) is 0. The molecule has 0 bridgehead atoms. The van der Waals surface area contributed by atoms with Crippen LogP contribution in [0.4, 0.5) is 12.9 Å². The van der Waals surface area contributed by atoms with Crippen LogP contribution >= 0.6 is 0 Å². The van der Waals surface area contributed by atoms with Gasteiger partial charge in [0.2, 0.25) is 0 Å². The summed E-state index contributed by atoms with van der Waals surface area (Å²) in [6.07, 6.45) is 0. The van der Waals surface area contributed by atoms with Gasteiger partial charge in [0.05, 0.1) is 0 Å². The number of benzene rings is 2. The summed E-state index contributed by atoms with van der Waals surface area (Å²) in [5.41, 5.74) is 1.96. The average molecular weight is 298 g/mol. The molecule has 0 saturated heterocycles. The minimum atomic E-state index is -4.93. The van der Waals surface area contributed by atoms with Crippen LogP contribution in [0.1, 0.15) is 16.7 Å². The van der Waals surface area contributed by atoms with Gasteiger partial charge in [0.1, 0.15) is 0 Å². The van der Waals surface area contributed by atoms with Crippen LogP contribution in [0.3, 0.4) is 0 Å². The van der Waals surface area contributed by atoms with Crippen LogP contribution in [0.25, 0.3) is 0 Å². The Kier molecular flexibility index (Phi) is 6.57. The van der Waals surface area contributed by atoms with E-state index in [0.717, 1.165) is 23.3 Å². The Hall–Kier alpha value is -0.509. The van der Waals surface area contributed by atoms with Gasteiger partial charge >= 0.3 is 58.4 Å². The quantitative estimate of drug-likeness (QED) is 0.530. The normalized spacial score (nSPS) is 10.2. The van der Waals surface area contributed by atoms with Crippen molar-refractivity contribution in [2.45, 2.75) is 6.92 Å². The SMILES string of the molecule is Cc1ccc(C#Cc2ccc([B-](F)(F)F)cc2)cc1.[K+]. The molecule has 0 nitrogen and oxygen atoms in total. The molecule has 96 valence electrons. The first-order valence-electron chi connectivity index (χ1n) is 5.84. The summed E-state index contributed by atoms with van der Waals surface area (Å²) in [5, 5.41) is 0. The Morgan fingerprint density at radius 2 is 1.15 bits per heavy atom. The number of aryl methyl sites for hydroxylation is 1. The van der Waals surface area contributed by atoms with Gasteiger partial charge in [0.25, 0.3) is 0 Å². The van der Waals surface area contributed by atoms with Gasteiger partial charge < -0.3 is 12.9 Å². The van der Waals surface area contributed by atoms with E-state index in [2.05, 4.69) is 11.8 Å². The molecule has 0 amide bonds. The van der Waals surface area contributed by atoms with Crippen LogP contribution in [0.5, 0.6) is 0 Å². The van der Waals surface area contributed by atoms with E-state index in [9.17, 15) is 12.9 Å². The van der Waals surface area contributed by atoms with E-state index in [0.29, 0.717) is 5.56 Å². The fraction of sp³-hybridized carbons (Fsp3) is 0.0667. The summed E-state index contributed by atoms with van der Waals surface area (Å²) < 4.78 is 37.3. The largest absolute Gasteiger partial charge is 1.00 e. The van der Waals surface area contributed by atoms with E-state index >= 15 is 0 Å². The smallest absolute Gasteiger partial charge is 0.445 e. The Morgan fingerprint density at radius 3 is 1.55 bits per heavy atom. The second-order valence-electron chi connectivity index (χ2n) is 4.31. The Morgan fingerprint density at radius 1 is 0.750 bits per heavy atom. The van der Waals surface area contributed by atoms with Gasteiger partial charge in [-0.25, -0.2) is 0 Å². The molecule has 0 aliphatic rings. The molecule has 0 aliphatic heterocycles. The third kappa shape index (κ3) is 5.12. The van der Waals surface area contributed by atoms with Crippen LogP contribution in [0.2, 0.25) is 0 Å². The zero-order chi connectivity index (χ0) is 13.9. The fourth-order valence-electron chi connectivity index (χ4n) is 1.57. The van der Waals surface area contributed by atoms with E-state index in [1.165, 1.54) is 12.1 Å². The zero-order valence-electron chi connectivity index (χ0n) is 11.3. The van der Waals surface area contributed by atoms with Crippen LogP contribution in [0.15, 0.2) is 48.5 Å². The van der Waals surface area contributed by atoms with Crippen molar-refractivity contribution in [1.82, 2.24) is 0 Å². The first kappa shape index (κ1) is 17.5. The molecular formula is C15H11BF3K. The maximum absolute atomic E-state index is 12.4. The van der Waals surface area contributed by atoms with Crippen molar-refractivity contribution in [2.24, 2.45) is 0 Å². The van der Waals surface area contributed by atoms with Gasteiger partial charge in [0.15, 0.2) is 0 Å². The number of rotatable bonds is 1. The van der Waals surface area contributed by atoms with Crippen LogP contribution < -0.4 is 56.8 Å². The first-order chi connectivity index (χ1) is 8.95. The number of hydrogen-bond donors (Lipinski definition) is 0. The molecule has 2 aromatic carbocycles. The van der Waals surface area contributed by atoms with E-state index < -0.39 is 12.4 Å². The van der Waals surface area contributed by atoms with Gasteiger partial charge in [0, 0.05) is 11.1 Å². The molecule has 0 fully saturated rings. The third-order valence-corrected chi connectivity index (χ3v) is 2.69. The molecule has 0 aromatic heterocycles. The van der Waals surface area contributed by atoms with Gasteiger partial charge in [-0.05, 0) is 31.2 Å². The molecule has 5 heteroatoms. The van der Waals surface area contributed by atoms with Crippen LogP contribution in [-0.4, -0.2) is 6.98 Å². The second-order valence-corrected chi connectivity index (χ2v) is 4.31. The van der Waals surface area contributed by atoms with Crippen molar-refractivity contribution in [3.05, 3.63) is 65.2 Å². The summed E-state index contributed by atoms with van der Waals surface area (Å²) in [5.74, 6) is 5.77. The van der Waals surface area contributed by atoms with Crippen molar-refractivity contribution in [1.29, 1.82) is 0 Å². The minimum absolute atomic E-state index is 0. The van der Waals surface area contributed by atoms with Gasteiger partial charge in [-0.2, -0.15) is 0 Å². The molecule has 0 N–H and O–H groups in total. The molecule has 0 unspecified atom stereocenters. The predicted molar refractivity (Wildman–Crippen MR) is 72.3 cm³/mol. The molecule has 2 aromatic rings. The Labute approximate surface area is 159 Å². The monoisotopic (exact) mass is 298 g/mol. The molecule has 0 atom stereocenters. The molecule has 0 saturated carbocycles. The van der Waals surface area contributed by atoms with Crippen molar-refractivity contribution in [3.8, 4) is 11.8 Å². The van der Waals surface area contributed by atoms with E-state index in [-0.39, 0.29) is 51.4 Å². The maximum atomic E-state index is 12.4. The summed E-state index contributed by atoms with van der Waals surface area (Å²) in [4.78, 5) is 0. The summed E-state index contributed by atoms with van der Waals surface area (Å²) in [6.45, 7) is -2.95. The molecule has 0 spiro atoms. The molecule has 0 heterocycles. The first-order valence-corrected chi connectivity index (χ1v) is 5.84. The van der Waals surface area contributed by atoms with Crippen molar-refractivity contribution < 1.29 is 64.3 Å². The molecular weight excluding hydrogens is 287 g/mol. The molecule has 2 rings (SSSR count). The van der Waals surface area contributed by atoms with E-state index in [1.54, 1.807) is 0 Å². The second kappa shape index (κ2) is 7.49. The van der Waals surface area contributed by atoms with Gasteiger partial charge in [-0.3, -0.25) is 0 Å². The third-order valence-electron chi connectivity index (χ3n) is 2.69. The summed E-state index contributed by atoms with van der Waals surface area (Å²) in [6, 6.07) is 12.6. The molecule has 20 heavy (non-hydrogen) atoms. The predicted octanol–water partition coefficient (Wildman–Crippen LogP) is 0.453. The summed E-state index contributed by atoms with van der Waals surface area (Å²) >= 11 is 0. The average Bonchev–Trinajstić information content (AvgIpc) is 2.37.